The van der Waals surface area contributed by atoms with Crippen LogP contribution in [0.1, 0.15) is 53.9 Å². The molecule has 0 saturated carbocycles. The summed E-state index contributed by atoms with van der Waals surface area (Å²) in [5.74, 6) is 0.235. The van der Waals surface area contributed by atoms with Gasteiger partial charge in [0.15, 0.2) is 0 Å². The fourth-order valence-corrected chi connectivity index (χ4v) is 7.43. The number of fused-ring (bicyclic) bond motifs is 3. The molecule has 3 heterocycles. The summed E-state index contributed by atoms with van der Waals surface area (Å²) in [7, 11) is 1.62. The average molecular weight is 588 g/mol. The predicted molar refractivity (Wildman–Crippen MR) is 160 cm³/mol. The highest BCUT2D eigenvalue weighted by Gasteiger charge is 2.33. The van der Waals surface area contributed by atoms with Crippen LogP contribution in [0.5, 0.6) is 5.75 Å². The summed E-state index contributed by atoms with van der Waals surface area (Å²) in [5.41, 5.74) is 4.49. The third-order valence-corrected chi connectivity index (χ3v) is 9.63. The minimum atomic E-state index is -0.206. The van der Waals surface area contributed by atoms with Gasteiger partial charge in [-0.05, 0) is 55.0 Å². The molecule has 2 aromatic carbocycles. The van der Waals surface area contributed by atoms with E-state index in [0.29, 0.717) is 17.1 Å². The Balaban J connectivity index is 1.37. The Morgan fingerprint density at radius 2 is 1.80 bits per heavy atom. The molecule has 2 aromatic heterocycles. The molecule has 210 valence electrons. The first-order valence-electron chi connectivity index (χ1n) is 13.8. The fourth-order valence-electron chi connectivity index (χ4n) is 5.80. The second-order valence-electron chi connectivity index (χ2n) is 10.6. The molecule has 1 fully saturated rings. The van der Waals surface area contributed by atoms with E-state index < -0.39 is 0 Å². The molecule has 0 bridgehead atoms. The number of nitrogens with zero attached hydrogens (tertiary/aromatic N) is 2. The Bertz CT molecular complexity index is 1640. The maximum Gasteiger partial charge on any atom is 0.230 e. The number of halogens is 1. The smallest absolute Gasteiger partial charge is 0.230 e. The van der Waals surface area contributed by atoms with Gasteiger partial charge < -0.3 is 10.1 Å². The lowest BCUT2D eigenvalue weighted by molar-refractivity contribution is -0.139. The summed E-state index contributed by atoms with van der Waals surface area (Å²) in [5, 5.41) is 4.62. The van der Waals surface area contributed by atoms with Crippen molar-refractivity contribution >= 4 is 50.9 Å². The van der Waals surface area contributed by atoms with Crippen LogP contribution in [0.3, 0.4) is 0 Å². The quantitative estimate of drug-likeness (QED) is 0.258. The Kier molecular flexibility index (Phi) is 7.53. The number of methoxy groups -OCH3 is 1. The number of aromatic nitrogens is 1. The van der Waals surface area contributed by atoms with Crippen molar-refractivity contribution in [1.82, 2.24) is 15.2 Å². The molecule has 0 unspecified atom stereocenters. The topological polar surface area (TPSA) is 88.6 Å². The summed E-state index contributed by atoms with van der Waals surface area (Å²) in [6, 6.07) is 17.6. The average Bonchev–Trinajstić information content (AvgIpc) is 3.51. The molecule has 3 amide bonds. The number of carbonyl (C=O) groups excluding carboxylic acids is 3. The van der Waals surface area contributed by atoms with E-state index in [1.165, 1.54) is 10.5 Å². The van der Waals surface area contributed by atoms with Crippen molar-refractivity contribution in [3.8, 4) is 16.9 Å². The number of benzene rings is 2. The Morgan fingerprint density at radius 3 is 2.49 bits per heavy atom. The van der Waals surface area contributed by atoms with Crippen LogP contribution in [0.15, 0.2) is 54.6 Å². The zero-order valence-electron chi connectivity index (χ0n) is 22.9. The third-order valence-electron chi connectivity index (χ3n) is 8.08. The van der Waals surface area contributed by atoms with Crippen molar-refractivity contribution in [2.24, 2.45) is 5.92 Å². The Morgan fingerprint density at radius 1 is 1.10 bits per heavy atom. The summed E-state index contributed by atoms with van der Waals surface area (Å²) < 4.78 is 5.36. The molecule has 4 aromatic rings. The maximum atomic E-state index is 13.3. The largest absolute Gasteiger partial charge is 0.497 e. The first kappa shape index (κ1) is 27.4. The van der Waals surface area contributed by atoms with Gasteiger partial charge >= 0.3 is 0 Å². The number of nitrogens with one attached hydrogen (secondary N) is 1. The first-order valence-corrected chi connectivity index (χ1v) is 15.0. The van der Waals surface area contributed by atoms with Gasteiger partial charge in [-0.15, -0.1) is 11.3 Å². The minimum absolute atomic E-state index is 0.0422. The first-order chi connectivity index (χ1) is 19.8. The van der Waals surface area contributed by atoms with Crippen LogP contribution in [0, 0.1) is 5.92 Å². The fraction of sp³-hybridized carbons (Fsp3) is 0.312. The van der Waals surface area contributed by atoms with E-state index >= 15 is 0 Å². The van der Waals surface area contributed by atoms with E-state index in [0.717, 1.165) is 50.4 Å². The molecular weight excluding hydrogens is 558 g/mol. The lowest BCUT2D eigenvalue weighted by Crippen LogP contribution is -2.35. The highest BCUT2D eigenvalue weighted by molar-refractivity contribution is 7.19. The number of imide groups is 1. The van der Waals surface area contributed by atoms with Crippen LogP contribution in [0.25, 0.3) is 21.3 Å². The number of carbonyl (C=O) groups is 3. The second kappa shape index (κ2) is 11.3. The molecule has 41 heavy (non-hydrogen) atoms. The van der Waals surface area contributed by atoms with Crippen LogP contribution in [0.4, 0.5) is 0 Å². The van der Waals surface area contributed by atoms with Crippen LogP contribution >= 0.6 is 22.9 Å². The maximum absolute atomic E-state index is 13.3. The van der Waals surface area contributed by atoms with Crippen molar-refractivity contribution in [3.05, 3.63) is 81.3 Å². The zero-order valence-corrected chi connectivity index (χ0v) is 24.5. The normalized spacial score (nSPS) is 17.5. The number of pyridine rings is 1. The van der Waals surface area contributed by atoms with Gasteiger partial charge in [0.1, 0.15) is 10.6 Å². The number of ether oxygens (including phenoxy) is 1. The molecule has 2 aliphatic rings. The highest BCUT2D eigenvalue weighted by atomic mass is 35.5. The standard InChI is InChI=1S/C32H30ClN3O4S/c1-18(19-6-4-3-5-7-19)34-31(39)21-10-13-23-25(16-21)41-32-29(23)28(20-8-11-22(40-2)12-9-20)30(33)24(35-32)17-36-26(37)14-15-27(36)38/h3-9,11-12,18,21H,10,13-17H2,1-2H3,(H,34,39)/t18-,21+/m1/s1. The van der Waals surface area contributed by atoms with Gasteiger partial charge in [0, 0.05) is 34.6 Å². The van der Waals surface area contributed by atoms with E-state index in [-0.39, 0.29) is 49.1 Å². The minimum Gasteiger partial charge on any atom is -0.497 e. The molecule has 1 saturated heterocycles. The number of aryl methyl sites for hydroxylation is 1. The van der Waals surface area contributed by atoms with Gasteiger partial charge in [0.05, 0.1) is 30.4 Å². The lowest BCUT2D eigenvalue weighted by Gasteiger charge is -2.24. The SMILES string of the molecule is COc1ccc(-c2c(Cl)c(CN3C(=O)CCC3=O)nc3sc4c(c23)CC[C@H](C(=O)N[C@H](C)c2ccccc2)C4)cc1. The van der Waals surface area contributed by atoms with Gasteiger partial charge in [-0.3, -0.25) is 19.3 Å². The Hall–Kier alpha value is -3.75. The molecule has 0 spiro atoms. The van der Waals surface area contributed by atoms with Gasteiger partial charge in [0.2, 0.25) is 17.7 Å². The molecule has 1 N–H and O–H groups in total. The van der Waals surface area contributed by atoms with Gasteiger partial charge in [-0.1, -0.05) is 54.1 Å². The number of rotatable bonds is 7. The number of thiophene rings is 1. The van der Waals surface area contributed by atoms with Gasteiger partial charge in [0.25, 0.3) is 0 Å². The third kappa shape index (κ3) is 5.22. The molecule has 7 nitrogen and oxygen atoms in total. The molecular formula is C32H30ClN3O4S. The van der Waals surface area contributed by atoms with Crippen LogP contribution in [-0.2, 0) is 33.8 Å². The monoisotopic (exact) mass is 587 g/mol. The molecule has 0 radical (unpaired) electrons. The summed E-state index contributed by atoms with van der Waals surface area (Å²) >= 11 is 8.63. The molecule has 1 aliphatic heterocycles. The number of likely N-dealkylation sites (tertiary alicyclic amines) is 1. The summed E-state index contributed by atoms with van der Waals surface area (Å²) in [4.78, 5) is 46.2. The number of hydrogen-bond acceptors (Lipinski definition) is 6. The van der Waals surface area contributed by atoms with Crippen molar-refractivity contribution in [1.29, 1.82) is 0 Å². The van der Waals surface area contributed by atoms with Crippen molar-refractivity contribution in [2.45, 2.75) is 51.6 Å². The van der Waals surface area contributed by atoms with Gasteiger partial charge in [-0.2, -0.15) is 0 Å². The second-order valence-corrected chi connectivity index (χ2v) is 12.1. The van der Waals surface area contributed by atoms with Crippen LogP contribution in [-0.4, -0.2) is 34.7 Å². The van der Waals surface area contributed by atoms with Gasteiger partial charge in [-0.25, -0.2) is 4.98 Å². The highest BCUT2D eigenvalue weighted by Crippen LogP contribution is 2.46. The summed E-state index contributed by atoms with van der Waals surface area (Å²) in [6.45, 7) is 2.05. The number of amides is 3. The van der Waals surface area contributed by atoms with E-state index in [1.54, 1.807) is 18.4 Å². The summed E-state index contributed by atoms with van der Waals surface area (Å²) in [6.07, 6.45) is 2.51. The van der Waals surface area contributed by atoms with E-state index in [2.05, 4.69) is 5.32 Å². The predicted octanol–water partition coefficient (Wildman–Crippen LogP) is 6.26. The molecule has 2 atom stereocenters. The van der Waals surface area contributed by atoms with Crippen LogP contribution < -0.4 is 10.1 Å². The molecule has 6 rings (SSSR count). The van der Waals surface area contributed by atoms with E-state index in [4.69, 9.17) is 21.3 Å². The molecule has 1 aliphatic carbocycles. The number of hydrogen-bond donors (Lipinski definition) is 1. The lowest BCUT2D eigenvalue weighted by atomic mass is 9.85. The van der Waals surface area contributed by atoms with Crippen molar-refractivity contribution in [3.63, 3.8) is 0 Å². The zero-order chi connectivity index (χ0) is 28.7. The molecule has 9 heteroatoms. The van der Waals surface area contributed by atoms with Crippen molar-refractivity contribution < 1.29 is 19.1 Å². The van der Waals surface area contributed by atoms with Crippen LogP contribution in [0.2, 0.25) is 5.02 Å². The van der Waals surface area contributed by atoms with E-state index in [9.17, 15) is 14.4 Å². The van der Waals surface area contributed by atoms with Crippen molar-refractivity contribution in [2.75, 3.05) is 7.11 Å². The Labute approximate surface area is 247 Å². The van der Waals surface area contributed by atoms with E-state index in [1.807, 2.05) is 61.5 Å².